The Balaban J connectivity index is 1.52. The lowest BCUT2D eigenvalue weighted by Crippen LogP contribution is -2.65. The van der Waals surface area contributed by atoms with E-state index >= 15 is 0 Å². The third kappa shape index (κ3) is 2.97. The molecular formula is C16H25BO6S. The maximum absolute atomic E-state index is 11.1. The Morgan fingerprint density at radius 3 is 2.58 bits per heavy atom. The van der Waals surface area contributed by atoms with E-state index < -0.39 is 17.2 Å². The molecule has 0 amide bonds. The number of hydrogen-bond acceptors (Lipinski definition) is 5. The number of thioether (sulfide) groups is 1. The molecule has 1 heterocycles. The average Bonchev–Trinajstić information content (AvgIpc) is 2.81. The Morgan fingerprint density at radius 1 is 1.29 bits per heavy atom. The van der Waals surface area contributed by atoms with E-state index in [9.17, 15) is 9.59 Å². The highest BCUT2D eigenvalue weighted by Crippen LogP contribution is 2.65. The van der Waals surface area contributed by atoms with Gasteiger partial charge in [-0.05, 0) is 49.1 Å². The number of hydrogen-bond donors (Lipinski definition) is 2. The van der Waals surface area contributed by atoms with Gasteiger partial charge in [-0.2, -0.15) is 0 Å². The molecule has 2 N–H and O–H groups in total. The van der Waals surface area contributed by atoms with E-state index in [2.05, 4.69) is 20.8 Å². The fraction of sp³-hybridized carbons (Fsp3) is 0.875. The summed E-state index contributed by atoms with van der Waals surface area (Å²) in [6.45, 7) is 6.77. The number of rotatable bonds is 7. The van der Waals surface area contributed by atoms with Crippen LogP contribution in [0.3, 0.4) is 0 Å². The van der Waals surface area contributed by atoms with Crippen LogP contribution in [0.4, 0.5) is 0 Å². The zero-order chi connectivity index (χ0) is 17.7. The standard InChI is InChI=1S/C16H25BO6S/c1-15(2)9-6-11(15)16(3)12(7-9)22-17(23-16)4-5-24-10(14(20)21)8-13(18)19/h9-12H,4-8H2,1-3H3,(H,18,19)(H,20,21)/t9?,10?,11?,12-,16+/m1/s1. The van der Waals surface area contributed by atoms with Crippen molar-refractivity contribution in [3.8, 4) is 0 Å². The van der Waals surface area contributed by atoms with E-state index in [0.29, 0.717) is 29.3 Å². The molecule has 2 bridgehead atoms. The summed E-state index contributed by atoms with van der Waals surface area (Å²) in [5, 5.41) is 16.9. The van der Waals surface area contributed by atoms with E-state index in [4.69, 9.17) is 19.5 Å². The molecular weight excluding hydrogens is 331 g/mol. The van der Waals surface area contributed by atoms with Crippen molar-refractivity contribution in [1.82, 2.24) is 0 Å². The van der Waals surface area contributed by atoms with Crippen LogP contribution in [0.25, 0.3) is 0 Å². The first-order valence-corrected chi connectivity index (χ1v) is 9.59. The van der Waals surface area contributed by atoms with Crippen LogP contribution in [0, 0.1) is 17.3 Å². The van der Waals surface area contributed by atoms with Crippen molar-refractivity contribution >= 4 is 30.8 Å². The minimum Gasteiger partial charge on any atom is -0.481 e. The predicted molar refractivity (Wildman–Crippen MR) is 91.1 cm³/mol. The minimum absolute atomic E-state index is 0.124. The second-order valence-corrected chi connectivity index (χ2v) is 9.29. The SMILES string of the molecule is CC1(C)C2CC1[C@]1(C)OB(CCSC(CC(=O)O)C(=O)O)O[C@@H]1C2. The van der Waals surface area contributed by atoms with Crippen LogP contribution in [-0.4, -0.2) is 52.0 Å². The fourth-order valence-corrected chi connectivity index (χ4v) is 5.77. The number of carbonyl (C=O) groups is 2. The molecule has 134 valence electrons. The second kappa shape index (κ2) is 6.22. The summed E-state index contributed by atoms with van der Waals surface area (Å²) in [4.78, 5) is 21.8. The normalized spacial score (nSPS) is 37.5. The molecule has 0 spiro atoms. The molecule has 6 nitrogen and oxygen atoms in total. The van der Waals surface area contributed by atoms with Crippen LogP contribution in [0.1, 0.15) is 40.0 Å². The Morgan fingerprint density at radius 2 is 2.00 bits per heavy atom. The van der Waals surface area contributed by atoms with Gasteiger partial charge < -0.3 is 19.5 Å². The average molecular weight is 356 g/mol. The van der Waals surface area contributed by atoms with Gasteiger partial charge in [-0.1, -0.05) is 13.8 Å². The molecule has 4 fully saturated rings. The summed E-state index contributed by atoms with van der Waals surface area (Å²) in [5.41, 5.74) is 0.0506. The molecule has 3 unspecified atom stereocenters. The van der Waals surface area contributed by atoms with Gasteiger partial charge in [-0.25, -0.2) is 0 Å². The molecule has 0 aromatic rings. The molecule has 1 saturated heterocycles. The van der Waals surface area contributed by atoms with Crippen LogP contribution in [-0.2, 0) is 18.9 Å². The Bertz CT molecular complexity index is 541. The molecule has 1 aliphatic heterocycles. The first-order valence-electron chi connectivity index (χ1n) is 8.54. The summed E-state index contributed by atoms with van der Waals surface area (Å²) >= 11 is 1.15. The van der Waals surface area contributed by atoms with Crippen LogP contribution in [0.5, 0.6) is 0 Å². The number of aliphatic carboxylic acids is 2. The van der Waals surface area contributed by atoms with Gasteiger partial charge in [0.05, 0.1) is 18.1 Å². The smallest absolute Gasteiger partial charge is 0.458 e. The van der Waals surface area contributed by atoms with Gasteiger partial charge >= 0.3 is 19.1 Å². The fourth-order valence-electron chi connectivity index (χ4n) is 4.76. The van der Waals surface area contributed by atoms with Gasteiger partial charge in [0, 0.05) is 0 Å². The van der Waals surface area contributed by atoms with Crippen molar-refractivity contribution < 1.29 is 29.1 Å². The van der Waals surface area contributed by atoms with E-state index in [-0.39, 0.29) is 25.2 Å². The monoisotopic (exact) mass is 356 g/mol. The van der Waals surface area contributed by atoms with Gasteiger partial charge in [0.1, 0.15) is 5.25 Å². The zero-order valence-electron chi connectivity index (χ0n) is 14.4. The van der Waals surface area contributed by atoms with E-state index in [0.717, 1.165) is 18.2 Å². The lowest BCUT2D eigenvalue weighted by molar-refractivity contribution is -0.199. The molecule has 5 atom stereocenters. The third-order valence-corrected chi connectivity index (χ3v) is 7.55. The van der Waals surface area contributed by atoms with Gasteiger partial charge in [-0.15, -0.1) is 11.8 Å². The van der Waals surface area contributed by atoms with Crippen molar-refractivity contribution in [3.05, 3.63) is 0 Å². The lowest BCUT2D eigenvalue weighted by Gasteiger charge is -2.64. The highest BCUT2D eigenvalue weighted by atomic mass is 32.2. The van der Waals surface area contributed by atoms with Crippen LogP contribution < -0.4 is 0 Å². The summed E-state index contributed by atoms with van der Waals surface area (Å²) in [6, 6.07) is 0. The molecule has 4 aliphatic rings. The van der Waals surface area contributed by atoms with Crippen molar-refractivity contribution in [3.63, 3.8) is 0 Å². The van der Waals surface area contributed by atoms with Gasteiger partial charge in [0.25, 0.3) is 0 Å². The highest BCUT2D eigenvalue weighted by molar-refractivity contribution is 8.00. The maximum atomic E-state index is 11.1. The summed E-state index contributed by atoms with van der Waals surface area (Å²) < 4.78 is 12.3. The Hall–Kier alpha value is -0.725. The predicted octanol–water partition coefficient (Wildman–Crippen LogP) is 2.38. The molecule has 24 heavy (non-hydrogen) atoms. The molecule has 0 radical (unpaired) electrons. The maximum Gasteiger partial charge on any atom is 0.458 e. The molecule has 8 heteroatoms. The summed E-state index contributed by atoms with van der Waals surface area (Å²) in [6.07, 6.45) is 2.56. The number of carboxylic acid groups (broad SMARTS) is 2. The summed E-state index contributed by atoms with van der Waals surface area (Å²) in [5.74, 6) is -0.466. The first kappa shape index (κ1) is 18.1. The van der Waals surface area contributed by atoms with Crippen molar-refractivity contribution in [1.29, 1.82) is 0 Å². The third-order valence-electron chi connectivity index (χ3n) is 6.31. The Kier molecular flexibility index (Phi) is 4.68. The van der Waals surface area contributed by atoms with Crippen molar-refractivity contribution in [2.24, 2.45) is 17.3 Å². The van der Waals surface area contributed by atoms with Crippen molar-refractivity contribution in [2.75, 3.05) is 5.75 Å². The van der Waals surface area contributed by atoms with Gasteiger partial charge in [0.2, 0.25) is 0 Å². The topological polar surface area (TPSA) is 93.1 Å². The molecule has 3 saturated carbocycles. The first-order chi connectivity index (χ1) is 11.1. The van der Waals surface area contributed by atoms with Crippen molar-refractivity contribution in [2.45, 2.75) is 63.3 Å². The molecule has 0 aromatic heterocycles. The van der Waals surface area contributed by atoms with Crippen LogP contribution in [0.15, 0.2) is 0 Å². The highest BCUT2D eigenvalue weighted by Gasteiger charge is 2.67. The van der Waals surface area contributed by atoms with Crippen LogP contribution in [0.2, 0.25) is 6.32 Å². The van der Waals surface area contributed by atoms with E-state index in [1.54, 1.807) is 0 Å². The molecule has 4 rings (SSSR count). The van der Waals surface area contributed by atoms with E-state index in [1.807, 2.05) is 0 Å². The minimum atomic E-state index is -1.09. The molecule has 0 aromatic carbocycles. The Labute approximate surface area is 146 Å². The zero-order valence-corrected chi connectivity index (χ0v) is 15.2. The number of carboxylic acids is 2. The summed E-state index contributed by atoms with van der Waals surface area (Å²) in [7, 11) is -0.318. The van der Waals surface area contributed by atoms with E-state index in [1.165, 1.54) is 6.42 Å². The molecule has 3 aliphatic carbocycles. The van der Waals surface area contributed by atoms with Gasteiger partial charge in [-0.3, -0.25) is 9.59 Å². The second-order valence-electron chi connectivity index (χ2n) is 7.98. The largest absolute Gasteiger partial charge is 0.481 e. The van der Waals surface area contributed by atoms with Crippen LogP contribution >= 0.6 is 11.8 Å². The quantitative estimate of drug-likeness (QED) is 0.677. The lowest BCUT2D eigenvalue weighted by atomic mass is 9.43. The van der Waals surface area contributed by atoms with Gasteiger partial charge in [0.15, 0.2) is 0 Å².